The molecule has 0 spiro atoms. The number of carbonyl (C=O) groups is 1. The lowest BCUT2D eigenvalue weighted by Gasteiger charge is -2.17. The quantitative estimate of drug-likeness (QED) is 0.649. The third kappa shape index (κ3) is 4.20. The van der Waals surface area contributed by atoms with Gasteiger partial charge in [-0.15, -0.1) is 5.10 Å². The molecular formula is C18H19N5O2S. The molecule has 2 N–H and O–H groups in total. The molecule has 26 heavy (non-hydrogen) atoms. The average Bonchev–Trinajstić information content (AvgIpc) is 3.11. The van der Waals surface area contributed by atoms with Crippen molar-refractivity contribution in [3.63, 3.8) is 0 Å². The van der Waals surface area contributed by atoms with E-state index < -0.39 is 0 Å². The minimum Gasteiger partial charge on any atom is -0.508 e. The summed E-state index contributed by atoms with van der Waals surface area (Å²) in [4.78, 5) is 12.5. The first-order chi connectivity index (χ1) is 12.5. The number of nitrogens with zero attached hydrogens (tertiary/aromatic N) is 4. The Labute approximate surface area is 155 Å². The Kier molecular flexibility index (Phi) is 5.52. The molecule has 0 aliphatic carbocycles. The van der Waals surface area contributed by atoms with Gasteiger partial charge in [0.15, 0.2) is 0 Å². The van der Waals surface area contributed by atoms with Crippen molar-refractivity contribution in [3.05, 3.63) is 60.2 Å². The van der Waals surface area contributed by atoms with Gasteiger partial charge >= 0.3 is 0 Å². The highest BCUT2D eigenvalue weighted by molar-refractivity contribution is 8.00. The first-order valence-corrected chi connectivity index (χ1v) is 9.02. The fourth-order valence-corrected chi connectivity index (χ4v) is 3.19. The van der Waals surface area contributed by atoms with E-state index in [9.17, 15) is 9.90 Å². The van der Waals surface area contributed by atoms with Crippen molar-refractivity contribution in [3.8, 4) is 11.4 Å². The van der Waals surface area contributed by atoms with Crippen molar-refractivity contribution in [1.82, 2.24) is 25.5 Å². The van der Waals surface area contributed by atoms with Gasteiger partial charge in [0.2, 0.25) is 11.1 Å². The number of thioether (sulfide) groups is 1. The number of nitrogens with one attached hydrogen (secondary N) is 1. The molecule has 2 atom stereocenters. The molecule has 1 aromatic heterocycles. The molecule has 2 aromatic carbocycles. The summed E-state index contributed by atoms with van der Waals surface area (Å²) in [5.41, 5.74) is 1.76. The van der Waals surface area contributed by atoms with Gasteiger partial charge in [-0.2, -0.15) is 4.68 Å². The minimum atomic E-state index is -0.372. The van der Waals surface area contributed by atoms with Crippen LogP contribution >= 0.6 is 11.8 Å². The number of phenols is 1. The van der Waals surface area contributed by atoms with Crippen LogP contribution in [0.3, 0.4) is 0 Å². The fourth-order valence-electron chi connectivity index (χ4n) is 2.38. The fraction of sp³-hybridized carbons (Fsp3) is 0.222. The summed E-state index contributed by atoms with van der Waals surface area (Å²) in [6.45, 7) is 3.76. The van der Waals surface area contributed by atoms with Crippen molar-refractivity contribution in [1.29, 1.82) is 0 Å². The highest BCUT2D eigenvalue weighted by Crippen LogP contribution is 2.24. The second-order valence-corrected chi connectivity index (χ2v) is 7.10. The molecule has 0 bridgehead atoms. The lowest BCUT2D eigenvalue weighted by Crippen LogP contribution is -2.33. The topological polar surface area (TPSA) is 92.9 Å². The molecule has 134 valence electrons. The number of aromatic hydroxyl groups is 1. The summed E-state index contributed by atoms with van der Waals surface area (Å²) in [5, 5.41) is 24.2. The maximum absolute atomic E-state index is 12.5. The summed E-state index contributed by atoms with van der Waals surface area (Å²) in [5.74, 6) is 0.0743. The summed E-state index contributed by atoms with van der Waals surface area (Å²) < 4.78 is 1.54. The van der Waals surface area contributed by atoms with Gasteiger partial charge in [-0.25, -0.2) is 0 Å². The highest BCUT2D eigenvalue weighted by Gasteiger charge is 2.21. The zero-order chi connectivity index (χ0) is 18.5. The van der Waals surface area contributed by atoms with Gasteiger partial charge in [-0.1, -0.05) is 42.1 Å². The first-order valence-electron chi connectivity index (χ1n) is 8.14. The van der Waals surface area contributed by atoms with E-state index in [4.69, 9.17) is 0 Å². The summed E-state index contributed by atoms with van der Waals surface area (Å²) in [7, 11) is 0. The molecule has 8 heteroatoms. The average molecular weight is 369 g/mol. The number of carbonyl (C=O) groups excluding carboxylic acids is 1. The number of hydrogen-bond acceptors (Lipinski definition) is 6. The van der Waals surface area contributed by atoms with E-state index in [0.29, 0.717) is 10.8 Å². The van der Waals surface area contributed by atoms with E-state index >= 15 is 0 Å². The van der Waals surface area contributed by atoms with E-state index in [1.54, 1.807) is 24.3 Å². The number of aromatic nitrogens is 4. The van der Waals surface area contributed by atoms with Crippen LogP contribution in [0.4, 0.5) is 0 Å². The van der Waals surface area contributed by atoms with Gasteiger partial charge in [-0.3, -0.25) is 4.79 Å². The Morgan fingerprint density at radius 3 is 2.50 bits per heavy atom. The predicted molar refractivity (Wildman–Crippen MR) is 99.1 cm³/mol. The molecule has 2 unspecified atom stereocenters. The van der Waals surface area contributed by atoms with Crippen molar-refractivity contribution in [2.45, 2.75) is 30.3 Å². The Morgan fingerprint density at radius 1 is 1.12 bits per heavy atom. The van der Waals surface area contributed by atoms with E-state index in [0.717, 1.165) is 5.56 Å². The van der Waals surface area contributed by atoms with Gasteiger partial charge in [0.25, 0.3) is 0 Å². The summed E-state index contributed by atoms with van der Waals surface area (Å²) in [6, 6.07) is 16.2. The molecule has 0 aliphatic heterocycles. The van der Waals surface area contributed by atoms with E-state index in [-0.39, 0.29) is 22.9 Å². The Hall–Kier alpha value is -2.87. The molecule has 3 aromatic rings. The maximum Gasteiger partial charge on any atom is 0.233 e. The third-order valence-corrected chi connectivity index (χ3v) is 4.88. The smallest absolute Gasteiger partial charge is 0.233 e. The predicted octanol–water partition coefficient (Wildman–Crippen LogP) is 2.73. The monoisotopic (exact) mass is 369 g/mol. The third-order valence-electron chi connectivity index (χ3n) is 3.84. The lowest BCUT2D eigenvalue weighted by molar-refractivity contribution is -0.120. The molecule has 0 saturated carbocycles. The van der Waals surface area contributed by atoms with Crippen molar-refractivity contribution >= 4 is 17.7 Å². The van der Waals surface area contributed by atoms with E-state index in [1.165, 1.54) is 16.4 Å². The van der Waals surface area contributed by atoms with Gasteiger partial charge in [0.1, 0.15) is 5.75 Å². The SMILES string of the molecule is CC(Sc1nnnn1-c1ccc(O)cc1)C(=O)NC(C)c1ccccc1. The normalized spacial score (nSPS) is 13.2. The Bertz CT molecular complexity index is 867. The molecule has 1 amide bonds. The minimum absolute atomic E-state index is 0.0835. The lowest BCUT2D eigenvalue weighted by atomic mass is 10.1. The van der Waals surface area contributed by atoms with E-state index in [2.05, 4.69) is 20.8 Å². The zero-order valence-electron chi connectivity index (χ0n) is 14.4. The molecule has 0 fully saturated rings. The molecule has 0 radical (unpaired) electrons. The molecule has 0 aliphatic rings. The standard InChI is InChI=1S/C18H19N5O2S/c1-12(14-6-4-3-5-7-14)19-17(25)13(2)26-18-20-21-22-23(18)15-8-10-16(24)11-9-15/h3-13,24H,1-2H3,(H,19,25). The second kappa shape index (κ2) is 8.01. The van der Waals surface area contributed by atoms with Gasteiger partial charge in [0, 0.05) is 0 Å². The van der Waals surface area contributed by atoms with Crippen LogP contribution in [0.15, 0.2) is 59.8 Å². The molecular weight excluding hydrogens is 350 g/mol. The Balaban J connectivity index is 1.67. The number of hydrogen-bond donors (Lipinski definition) is 2. The van der Waals surface area contributed by atoms with E-state index in [1.807, 2.05) is 44.2 Å². The van der Waals surface area contributed by atoms with Crippen LogP contribution in [-0.4, -0.2) is 36.5 Å². The largest absolute Gasteiger partial charge is 0.508 e. The van der Waals surface area contributed by atoms with Gasteiger partial charge in [-0.05, 0) is 54.1 Å². The molecule has 1 heterocycles. The van der Waals surface area contributed by atoms with Crippen LogP contribution in [0.25, 0.3) is 5.69 Å². The number of benzene rings is 2. The van der Waals surface area contributed by atoms with Crippen LogP contribution < -0.4 is 5.32 Å². The van der Waals surface area contributed by atoms with Crippen molar-refractivity contribution in [2.75, 3.05) is 0 Å². The molecule has 7 nitrogen and oxygen atoms in total. The summed E-state index contributed by atoms with van der Waals surface area (Å²) in [6.07, 6.45) is 0. The molecule has 3 rings (SSSR count). The van der Waals surface area contributed by atoms with Gasteiger partial charge < -0.3 is 10.4 Å². The number of amides is 1. The first kappa shape index (κ1) is 17.9. The number of tetrazole rings is 1. The molecule has 0 saturated heterocycles. The van der Waals surface area contributed by atoms with Gasteiger partial charge in [0.05, 0.1) is 17.0 Å². The van der Waals surface area contributed by atoms with Crippen LogP contribution in [0, 0.1) is 0 Å². The maximum atomic E-state index is 12.5. The number of phenolic OH excluding ortho intramolecular Hbond substituents is 1. The summed E-state index contributed by atoms with van der Waals surface area (Å²) >= 11 is 1.27. The van der Waals surface area contributed by atoms with Crippen LogP contribution in [0.1, 0.15) is 25.5 Å². The van der Waals surface area contributed by atoms with Crippen molar-refractivity contribution in [2.24, 2.45) is 0 Å². The van der Waals surface area contributed by atoms with Crippen LogP contribution in [0.2, 0.25) is 0 Å². The van der Waals surface area contributed by atoms with Crippen LogP contribution in [-0.2, 0) is 4.79 Å². The van der Waals surface area contributed by atoms with Crippen LogP contribution in [0.5, 0.6) is 5.75 Å². The zero-order valence-corrected chi connectivity index (χ0v) is 15.2. The van der Waals surface area contributed by atoms with Crippen molar-refractivity contribution < 1.29 is 9.90 Å². The number of rotatable bonds is 6. The highest BCUT2D eigenvalue weighted by atomic mass is 32.2. The Morgan fingerprint density at radius 2 is 1.81 bits per heavy atom. The second-order valence-electron chi connectivity index (χ2n) is 5.79.